The standard InChI is InChI=1S/C13H16FNO/c1-3-7-15(8-4-2)13-6-5-12(14)9-11(13)10-16/h1,5-6,9,16H,4,7-8,10H2,2H3. The smallest absolute Gasteiger partial charge is 0.123 e. The third-order valence-corrected chi connectivity index (χ3v) is 2.33. The third kappa shape index (κ3) is 2.98. The van der Waals surface area contributed by atoms with Crippen LogP contribution in [-0.4, -0.2) is 18.2 Å². The Morgan fingerprint density at radius 1 is 1.50 bits per heavy atom. The molecule has 0 heterocycles. The molecule has 86 valence electrons. The topological polar surface area (TPSA) is 23.5 Å². The van der Waals surface area contributed by atoms with Crippen molar-refractivity contribution in [1.29, 1.82) is 0 Å². The van der Waals surface area contributed by atoms with Crippen LogP contribution in [0.15, 0.2) is 18.2 Å². The highest BCUT2D eigenvalue weighted by Crippen LogP contribution is 2.21. The van der Waals surface area contributed by atoms with E-state index in [1.165, 1.54) is 12.1 Å². The second-order valence-electron chi connectivity index (χ2n) is 3.56. The van der Waals surface area contributed by atoms with E-state index in [1.807, 2.05) is 11.8 Å². The summed E-state index contributed by atoms with van der Waals surface area (Å²) in [7, 11) is 0. The maximum Gasteiger partial charge on any atom is 0.123 e. The van der Waals surface area contributed by atoms with E-state index in [4.69, 9.17) is 6.42 Å². The molecule has 1 aromatic carbocycles. The van der Waals surface area contributed by atoms with Crippen molar-refractivity contribution in [2.75, 3.05) is 18.0 Å². The summed E-state index contributed by atoms with van der Waals surface area (Å²) in [6, 6.07) is 4.38. The number of rotatable bonds is 5. The number of benzene rings is 1. The molecule has 2 nitrogen and oxygen atoms in total. The Labute approximate surface area is 95.7 Å². The quantitative estimate of drug-likeness (QED) is 0.770. The predicted octanol–water partition coefficient (Wildman–Crippen LogP) is 2.17. The highest BCUT2D eigenvalue weighted by Gasteiger charge is 2.09. The molecular weight excluding hydrogens is 205 g/mol. The Balaban J connectivity index is 3.03. The summed E-state index contributed by atoms with van der Waals surface area (Å²) in [5, 5.41) is 9.18. The van der Waals surface area contributed by atoms with E-state index in [9.17, 15) is 9.50 Å². The Hall–Kier alpha value is -1.53. The van der Waals surface area contributed by atoms with Gasteiger partial charge in [0.15, 0.2) is 0 Å². The molecule has 0 spiro atoms. The van der Waals surface area contributed by atoms with E-state index in [-0.39, 0.29) is 12.4 Å². The summed E-state index contributed by atoms with van der Waals surface area (Å²) in [5.41, 5.74) is 1.38. The van der Waals surface area contributed by atoms with Crippen LogP contribution in [0.25, 0.3) is 0 Å². The first kappa shape index (κ1) is 12.5. The highest BCUT2D eigenvalue weighted by atomic mass is 19.1. The third-order valence-electron chi connectivity index (χ3n) is 2.33. The minimum absolute atomic E-state index is 0.183. The first-order valence-corrected chi connectivity index (χ1v) is 5.30. The number of hydrogen-bond acceptors (Lipinski definition) is 2. The Morgan fingerprint density at radius 2 is 2.25 bits per heavy atom. The fraction of sp³-hybridized carbons (Fsp3) is 0.385. The molecule has 0 bridgehead atoms. The van der Waals surface area contributed by atoms with Crippen molar-refractivity contribution >= 4 is 5.69 Å². The van der Waals surface area contributed by atoms with Crippen LogP contribution in [0.5, 0.6) is 0 Å². The molecule has 0 aliphatic rings. The molecule has 0 radical (unpaired) electrons. The minimum atomic E-state index is -0.343. The Kier molecular flexibility index (Phi) is 4.81. The van der Waals surface area contributed by atoms with Crippen LogP contribution in [-0.2, 0) is 6.61 Å². The molecule has 0 saturated carbocycles. The van der Waals surface area contributed by atoms with Gasteiger partial charge >= 0.3 is 0 Å². The average molecular weight is 221 g/mol. The molecule has 1 rings (SSSR count). The van der Waals surface area contributed by atoms with Gasteiger partial charge in [0.05, 0.1) is 13.2 Å². The van der Waals surface area contributed by atoms with Gasteiger partial charge in [-0.05, 0) is 24.6 Å². The van der Waals surface area contributed by atoms with Gasteiger partial charge in [-0.15, -0.1) is 6.42 Å². The lowest BCUT2D eigenvalue weighted by atomic mass is 10.1. The Bertz CT molecular complexity index is 384. The fourth-order valence-electron chi connectivity index (χ4n) is 1.65. The maximum atomic E-state index is 13.0. The molecule has 16 heavy (non-hydrogen) atoms. The van der Waals surface area contributed by atoms with E-state index in [2.05, 4.69) is 5.92 Å². The van der Waals surface area contributed by atoms with Crippen molar-refractivity contribution in [3.63, 3.8) is 0 Å². The van der Waals surface area contributed by atoms with Crippen LogP contribution in [0, 0.1) is 18.2 Å². The van der Waals surface area contributed by atoms with Gasteiger partial charge in [0.1, 0.15) is 5.82 Å². The molecule has 0 aliphatic heterocycles. The van der Waals surface area contributed by atoms with Crippen LogP contribution in [0.4, 0.5) is 10.1 Å². The predicted molar refractivity (Wildman–Crippen MR) is 63.7 cm³/mol. The molecule has 3 heteroatoms. The molecule has 0 fully saturated rings. The minimum Gasteiger partial charge on any atom is -0.392 e. The molecule has 0 aromatic heterocycles. The van der Waals surface area contributed by atoms with E-state index in [1.54, 1.807) is 6.07 Å². The first-order chi connectivity index (χ1) is 7.72. The van der Waals surface area contributed by atoms with E-state index in [0.29, 0.717) is 12.1 Å². The number of halogens is 1. The fourth-order valence-corrected chi connectivity index (χ4v) is 1.65. The van der Waals surface area contributed by atoms with E-state index < -0.39 is 0 Å². The lowest BCUT2D eigenvalue weighted by Gasteiger charge is -2.24. The maximum absolute atomic E-state index is 13.0. The molecule has 0 saturated heterocycles. The van der Waals surface area contributed by atoms with Crippen LogP contribution in [0.2, 0.25) is 0 Å². The number of aliphatic hydroxyl groups excluding tert-OH is 1. The summed E-state index contributed by atoms with van der Waals surface area (Å²) in [6.45, 7) is 3.12. The lowest BCUT2D eigenvalue weighted by Crippen LogP contribution is -2.25. The van der Waals surface area contributed by atoms with Crippen molar-refractivity contribution in [2.24, 2.45) is 0 Å². The van der Waals surface area contributed by atoms with Crippen LogP contribution in [0.3, 0.4) is 0 Å². The van der Waals surface area contributed by atoms with Gasteiger partial charge in [-0.1, -0.05) is 12.8 Å². The summed E-state index contributed by atoms with van der Waals surface area (Å²) < 4.78 is 13.0. The van der Waals surface area contributed by atoms with Crippen molar-refractivity contribution < 1.29 is 9.50 Å². The molecule has 0 aliphatic carbocycles. The summed E-state index contributed by atoms with van der Waals surface area (Å²) in [5.74, 6) is 2.22. The van der Waals surface area contributed by atoms with Gasteiger partial charge in [-0.25, -0.2) is 4.39 Å². The molecule has 1 aromatic rings. The van der Waals surface area contributed by atoms with E-state index in [0.717, 1.165) is 18.7 Å². The number of anilines is 1. The zero-order valence-corrected chi connectivity index (χ0v) is 9.41. The van der Waals surface area contributed by atoms with E-state index >= 15 is 0 Å². The SMILES string of the molecule is C#CCN(CCC)c1ccc(F)cc1CO. The van der Waals surface area contributed by atoms with Crippen LogP contribution in [0.1, 0.15) is 18.9 Å². The Morgan fingerprint density at radius 3 is 2.81 bits per heavy atom. The van der Waals surface area contributed by atoms with Crippen LogP contribution >= 0.6 is 0 Å². The van der Waals surface area contributed by atoms with Crippen LogP contribution < -0.4 is 4.90 Å². The summed E-state index contributed by atoms with van der Waals surface area (Å²) >= 11 is 0. The van der Waals surface area contributed by atoms with Gasteiger partial charge in [-0.3, -0.25) is 0 Å². The molecule has 0 amide bonds. The second kappa shape index (κ2) is 6.14. The normalized spacial score (nSPS) is 9.88. The van der Waals surface area contributed by atoms with Gasteiger partial charge in [-0.2, -0.15) is 0 Å². The molecular formula is C13H16FNO. The monoisotopic (exact) mass is 221 g/mol. The number of aliphatic hydroxyl groups is 1. The van der Waals surface area contributed by atoms with Crippen molar-refractivity contribution in [3.05, 3.63) is 29.6 Å². The molecule has 1 N–H and O–H groups in total. The van der Waals surface area contributed by atoms with Crippen molar-refractivity contribution in [2.45, 2.75) is 20.0 Å². The molecule has 0 unspecified atom stereocenters. The number of terminal acetylenes is 1. The molecule has 0 atom stereocenters. The van der Waals surface area contributed by atoms with Gasteiger partial charge in [0.2, 0.25) is 0 Å². The van der Waals surface area contributed by atoms with Gasteiger partial charge in [0, 0.05) is 17.8 Å². The lowest BCUT2D eigenvalue weighted by molar-refractivity contribution is 0.281. The largest absolute Gasteiger partial charge is 0.392 e. The second-order valence-corrected chi connectivity index (χ2v) is 3.56. The zero-order valence-electron chi connectivity index (χ0n) is 9.41. The number of hydrogen-bond donors (Lipinski definition) is 1. The average Bonchev–Trinajstić information content (AvgIpc) is 2.28. The first-order valence-electron chi connectivity index (χ1n) is 5.30. The summed E-state index contributed by atoms with van der Waals surface area (Å²) in [6.07, 6.45) is 6.24. The van der Waals surface area contributed by atoms with Gasteiger partial charge in [0.25, 0.3) is 0 Å². The van der Waals surface area contributed by atoms with Crippen molar-refractivity contribution in [1.82, 2.24) is 0 Å². The summed E-state index contributed by atoms with van der Waals surface area (Å²) in [4.78, 5) is 1.96. The number of nitrogens with zero attached hydrogens (tertiary/aromatic N) is 1. The highest BCUT2D eigenvalue weighted by molar-refractivity contribution is 5.54. The van der Waals surface area contributed by atoms with Crippen molar-refractivity contribution in [3.8, 4) is 12.3 Å². The zero-order chi connectivity index (χ0) is 12.0. The van der Waals surface area contributed by atoms with Gasteiger partial charge < -0.3 is 10.0 Å².